The summed E-state index contributed by atoms with van der Waals surface area (Å²) in [6.07, 6.45) is 1.12. The summed E-state index contributed by atoms with van der Waals surface area (Å²) in [5.41, 5.74) is 0. The molecule has 0 aliphatic carbocycles. The van der Waals surface area contributed by atoms with E-state index in [9.17, 15) is 4.79 Å². The van der Waals surface area contributed by atoms with Crippen LogP contribution in [0.1, 0.15) is 34.8 Å². The maximum Gasteiger partial charge on any atom is 0.261 e. The monoisotopic (exact) mass is 252 g/mol. The molecule has 0 spiro atoms. The van der Waals surface area contributed by atoms with Gasteiger partial charge in [-0.2, -0.15) is 0 Å². The van der Waals surface area contributed by atoms with Crippen LogP contribution >= 0.6 is 11.3 Å². The summed E-state index contributed by atoms with van der Waals surface area (Å²) in [7, 11) is 0. The summed E-state index contributed by atoms with van der Waals surface area (Å²) in [6, 6.07) is 4.48. The van der Waals surface area contributed by atoms with Crippen LogP contribution in [0.3, 0.4) is 0 Å². The number of hydrogen-bond donors (Lipinski definition) is 2. The average Bonchev–Trinajstić information content (AvgIpc) is 2.70. The van der Waals surface area contributed by atoms with Gasteiger partial charge >= 0.3 is 0 Å². The van der Waals surface area contributed by atoms with Gasteiger partial charge in [0.2, 0.25) is 0 Å². The molecular formula is C13H20N2OS. The van der Waals surface area contributed by atoms with Crippen molar-refractivity contribution in [3.05, 3.63) is 21.9 Å². The third-order valence-corrected chi connectivity index (χ3v) is 4.48. The van der Waals surface area contributed by atoms with Crippen molar-refractivity contribution >= 4 is 17.2 Å². The Hall–Kier alpha value is -0.870. The Balaban J connectivity index is 2.02. The average molecular weight is 252 g/mol. The smallest absolute Gasteiger partial charge is 0.261 e. The van der Waals surface area contributed by atoms with Gasteiger partial charge < -0.3 is 10.6 Å². The van der Waals surface area contributed by atoms with Crippen molar-refractivity contribution in [1.82, 2.24) is 10.6 Å². The summed E-state index contributed by atoms with van der Waals surface area (Å²) in [5, 5.41) is 6.57. The fourth-order valence-electron chi connectivity index (χ4n) is 2.38. The summed E-state index contributed by atoms with van der Waals surface area (Å²) in [5.74, 6) is 0.603. The first kappa shape index (κ1) is 12.6. The third kappa shape index (κ3) is 2.87. The zero-order valence-electron chi connectivity index (χ0n) is 10.6. The van der Waals surface area contributed by atoms with Gasteiger partial charge in [-0.25, -0.2) is 0 Å². The highest BCUT2D eigenvalue weighted by Crippen LogP contribution is 2.19. The summed E-state index contributed by atoms with van der Waals surface area (Å²) < 4.78 is 0. The van der Waals surface area contributed by atoms with Crippen molar-refractivity contribution in [2.75, 3.05) is 6.54 Å². The molecule has 4 heteroatoms. The number of rotatable bonds is 2. The van der Waals surface area contributed by atoms with Gasteiger partial charge in [0.15, 0.2) is 0 Å². The van der Waals surface area contributed by atoms with E-state index in [0.717, 1.165) is 17.8 Å². The van der Waals surface area contributed by atoms with Crippen molar-refractivity contribution in [3.63, 3.8) is 0 Å². The van der Waals surface area contributed by atoms with Crippen LogP contribution < -0.4 is 10.6 Å². The molecule has 94 valence electrons. The predicted octanol–water partition coefficient (Wildman–Crippen LogP) is 2.17. The normalized spacial score (nSPS) is 29.0. The first-order chi connectivity index (χ1) is 8.08. The van der Waals surface area contributed by atoms with E-state index in [1.165, 1.54) is 4.88 Å². The molecule has 1 aromatic rings. The van der Waals surface area contributed by atoms with E-state index in [0.29, 0.717) is 12.0 Å². The van der Waals surface area contributed by atoms with Crippen LogP contribution in [0.2, 0.25) is 0 Å². The molecule has 0 aromatic carbocycles. The Kier molecular flexibility index (Phi) is 3.84. The third-order valence-electron chi connectivity index (χ3n) is 3.48. The van der Waals surface area contributed by atoms with Crippen LogP contribution in [-0.4, -0.2) is 24.5 Å². The second kappa shape index (κ2) is 5.19. The molecule has 17 heavy (non-hydrogen) atoms. The molecule has 2 rings (SSSR count). The quantitative estimate of drug-likeness (QED) is 0.847. The number of carbonyl (C=O) groups is 1. The van der Waals surface area contributed by atoms with E-state index < -0.39 is 0 Å². The van der Waals surface area contributed by atoms with E-state index >= 15 is 0 Å². The second-order valence-corrected chi connectivity index (χ2v) is 6.21. The zero-order chi connectivity index (χ0) is 12.4. The van der Waals surface area contributed by atoms with Gasteiger partial charge in [-0.1, -0.05) is 6.92 Å². The minimum Gasteiger partial charge on any atom is -0.347 e. The molecule has 1 fully saturated rings. The van der Waals surface area contributed by atoms with Crippen molar-refractivity contribution in [3.8, 4) is 0 Å². The van der Waals surface area contributed by atoms with E-state index in [1.54, 1.807) is 11.3 Å². The van der Waals surface area contributed by atoms with Crippen molar-refractivity contribution in [2.24, 2.45) is 5.92 Å². The molecule has 2 heterocycles. The molecule has 1 aliphatic rings. The number of thiophene rings is 1. The lowest BCUT2D eigenvalue weighted by Gasteiger charge is -2.35. The Labute approximate surface area is 107 Å². The van der Waals surface area contributed by atoms with Crippen molar-refractivity contribution < 1.29 is 4.79 Å². The van der Waals surface area contributed by atoms with Crippen LogP contribution in [0.15, 0.2) is 12.1 Å². The SMILES string of the molecule is Cc1ccc(C(=O)NC2C(C)CCNC2C)s1. The van der Waals surface area contributed by atoms with Crippen molar-refractivity contribution in [1.29, 1.82) is 0 Å². The Morgan fingerprint density at radius 2 is 2.24 bits per heavy atom. The van der Waals surface area contributed by atoms with E-state index in [4.69, 9.17) is 0 Å². The molecule has 3 nitrogen and oxygen atoms in total. The minimum atomic E-state index is 0.0653. The van der Waals surface area contributed by atoms with Crippen LogP contribution in [-0.2, 0) is 0 Å². The van der Waals surface area contributed by atoms with Gasteiger partial charge in [-0.05, 0) is 44.9 Å². The molecule has 3 unspecified atom stereocenters. The molecule has 1 amide bonds. The second-order valence-electron chi connectivity index (χ2n) is 4.92. The Morgan fingerprint density at radius 3 is 2.82 bits per heavy atom. The van der Waals surface area contributed by atoms with Crippen LogP contribution in [0.5, 0.6) is 0 Å². The number of piperidine rings is 1. The first-order valence-electron chi connectivity index (χ1n) is 6.18. The van der Waals surface area contributed by atoms with E-state index in [1.807, 2.05) is 19.1 Å². The van der Waals surface area contributed by atoms with Gasteiger partial charge in [0.05, 0.1) is 4.88 Å². The number of aryl methyl sites for hydroxylation is 1. The highest BCUT2D eigenvalue weighted by atomic mass is 32.1. The summed E-state index contributed by atoms with van der Waals surface area (Å²) in [6.45, 7) is 7.42. The largest absolute Gasteiger partial charge is 0.347 e. The maximum atomic E-state index is 12.1. The number of carbonyl (C=O) groups excluding carboxylic acids is 1. The number of hydrogen-bond acceptors (Lipinski definition) is 3. The highest BCUT2D eigenvalue weighted by molar-refractivity contribution is 7.13. The fraction of sp³-hybridized carbons (Fsp3) is 0.615. The predicted molar refractivity (Wildman–Crippen MR) is 71.6 cm³/mol. The first-order valence-corrected chi connectivity index (χ1v) is 7.00. The molecule has 1 aliphatic heterocycles. The standard InChI is InChI=1S/C13H20N2OS/c1-8-6-7-14-10(3)12(8)15-13(16)11-5-4-9(2)17-11/h4-5,8,10,12,14H,6-7H2,1-3H3,(H,15,16). The molecule has 0 radical (unpaired) electrons. The lowest BCUT2D eigenvalue weighted by Crippen LogP contribution is -2.55. The van der Waals surface area contributed by atoms with Crippen molar-refractivity contribution in [2.45, 2.75) is 39.3 Å². The van der Waals surface area contributed by atoms with Gasteiger partial charge in [0.25, 0.3) is 5.91 Å². The van der Waals surface area contributed by atoms with Gasteiger partial charge in [-0.3, -0.25) is 4.79 Å². The molecule has 2 N–H and O–H groups in total. The lowest BCUT2D eigenvalue weighted by molar-refractivity contribution is 0.0902. The van der Waals surface area contributed by atoms with Crippen LogP contribution in [0.4, 0.5) is 0 Å². The molecular weight excluding hydrogens is 232 g/mol. The number of amides is 1. The minimum absolute atomic E-state index is 0.0653. The summed E-state index contributed by atoms with van der Waals surface area (Å²) >= 11 is 1.55. The van der Waals surface area contributed by atoms with Crippen LogP contribution in [0.25, 0.3) is 0 Å². The maximum absolute atomic E-state index is 12.1. The van der Waals surface area contributed by atoms with Crippen LogP contribution in [0, 0.1) is 12.8 Å². The fourth-order valence-corrected chi connectivity index (χ4v) is 3.15. The lowest BCUT2D eigenvalue weighted by atomic mass is 9.89. The topological polar surface area (TPSA) is 41.1 Å². The molecule has 3 atom stereocenters. The van der Waals surface area contributed by atoms with E-state index in [-0.39, 0.29) is 11.9 Å². The van der Waals surface area contributed by atoms with Gasteiger partial charge in [0, 0.05) is 17.0 Å². The molecule has 0 bridgehead atoms. The molecule has 1 saturated heterocycles. The summed E-state index contributed by atoms with van der Waals surface area (Å²) in [4.78, 5) is 14.1. The molecule has 0 saturated carbocycles. The molecule has 1 aromatic heterocycles. The van der Waals surface area contributed by atoms with Gasteiger partial charge in [-0.15, -0.1) is 11.3 Å². The number of nitrogens with one attached hydrogen (secondary N) is 2. The Bertz CT molecular complexity index is 392. The highest BCUT2D eigenvalue weighted by Gasteiger charge is 2.29. The van der Waals surface area contributed by atoms with Gasteiger partial charge in [0.1, 0.15) is 0 Å². The Morgan fingerprint density at radius 1 is 1.47 bits per heavy atom. The zero-order valence-corrected chi connectivity index (χ0v) is 11.4. The van der Waals surface area contributed by atoms with E-state index in [2.05, 4.69) is 24.5 Å².